The number of carboxylic acid groups (broad SMARTS) is 1. The second-order valence-electron chi connectivity index (χ2n) is 4.37. The van der Waals surface area contributed by atoms with E-state index in [1.54, 1.807) is 7.11 Å². The van der Waals surface area contributed by atoms with Crippen LogP contribution >= 0.6 is 23.1 Å². The summed E-state index contributed by atoms with van der Waals surface area (Å²) in [7, 11) is 1.67. The number of rotatable bonds is 9. The van der Waals surface area contributed by atoms with Gasteiger partial charge in [-0.3, -0.25) is 4.79 Å². The standard InChI is InChI=1S/C11H19N3O3S2/c1-8(2)6-14(4-5-17-3)10-12-13-11(19-10)18-7-9(15)16/h8H,4-7H2,1-3H3,(H,15,16). The van der Waals surface area contributed by atoms with E-state index in [0.717, 1.165) is 18.2 Å². The van der Waals surface area contributed by atoms with Crippen LogP contribution in [0.1, 0.15) is 13.8 Å². The van der Waals surface area contributed by atoms with E-state index in [1.165, 1.54) is 23.1 Å². The molecule has 1 N–H and O–H groups in total. The van der Waals surface area contributed by atoms with E-state index >= 15 is 0 Å². The molecule has 1 aromatic rings. The Kier molecular flexibility index (Phi) is 7.11. The van der Waals surface area contributed by atoms with Crippen LogP contribution in [0.3, 0.4) is 0 Å². The van der Waals surface area contributed by atoms with Crippen LogP contribution in [-0.4, -0.2) is 53.8 Å². The molecule has 0 aliphatic carbocycles. The average Bonchev–Trinajstić information content (AvgIpc) is 2.80. The van der Waals surface area contributed by atoms with Crippen molar-refractivity contribution in [1.29, 1.82) is 0 Å². The minimum absolute atomic E-state index is 0.0108. The number of hydrogen-bond donors (Lipinski definition) is 1. The number of methoxy groups -OCH3 is 1. The fraction of sp³-hybridized carbons (Fsp3) is 0.727. The van der Waals surface area contributed by atoms with E-state index in [0.29, 0.717) is 16.9 Å². The first-order valence-electron chi connectivity index (χ1n) is 5.95. The Labute approximate surface area is 121 Å². The van der Waals surface area contributed by atoms with Crippen molar-refractivity contribution in [2.45, 2.75) is 18.2 Å². The average molecular weight is 305 g/mol. The van der Waals surface area contributed by atoms with Gasteiger partial charge in [-0.1, -0.05) is 36.9 Å². The smallest absolute Gasteiger partial charge is 0.313 e. The van der Waals surface area contributed by atoms with Crippen LogP contribution in [0.4, 0.5) is 5.13 Å². The monoisotopic (exact) mass is 305 g/mol. The van der Waals surface area contributed by atoms with Crippen molar-refractivity contribution in [3.8, 4) is 0 Å². The molecule has 0 amide bonds. The maximum absolute atomic E-state index is 10.5. The number of aromatic nitrogens is 2. The second-order valence-corrected chi connectivity index (χ2v) is 6.54. The number of ether oxygens (including phenoxy) is 1. The molecule has 108 valence electrons. The normalized spacial score (nSPS) is 10.9. The maximum Gasteiger partial charge on any atom is 0.313 e. The molecule has 0 spiro atoms. The Balaban J connectivity index is 2.64. The van der Waals surface area contributed by atoms with Crippen LogP contribution in [0.2, 0.25) is 0 Å². The van der Waals surface area contributed by atoms with Gasteiger partial charge >= 0.3 is 5.97 Å². The number of carbonyl (C=O) groups is 1. The van der Waals surface area contributed by atoms with Gasteiger partial charge in [0.15, 0.2) is 4.34 Å². The van der Waals surface area contributed by atoms with E-state index in [1.807, 2.05) is 0 Å². The van der Waals surface area contributed by atoms with Crippen molar-refractivity contribution in [3.63, 3.8) is 0 Å². The van der Waals surface area contributed by atoms with Crippen LogP contribution in [0, 0.1) is 5.92 Å². The van der Waals surface area contributed by atoms with Crippen molar-refractivity contribution in [1.82, 2.24) is 10.2 Å². The fourth-order valence-electron chi connectivity index (χ4n) is 1.42. The van der Waals surface area contributed by atoms with Gasteiger partial charge in [0, 0.05) is 20.2 Å². The molecule has 1 aromatic heterocycles. The summed E-state index contributed by atoms with van der Waals surface area (Å²) in [6, 6.07) is 0. The zero-order chi connectivity index (χ0) is 14.3. The molecule has 19 heavy (non-hydrogen) atoms. The zero-order valence-electron chi connectivity index (χ0n) is 11.3. The molecule has 0 unspecified atom stereocenters. The number of aliphatic carboxylic acids is 1. The number of thioether (sulfide) groups is 1. The highest BCUT2D eigenvalue weighted by atomic mass is 32.2. The molecule has 0 aliphatic heterocycles. The molecule has 1 rings (SSSR count). The summed E-state index contributed by atoms with van der Waals surface area (Å²) in [5.41, 5.74) is 0. The van der Waals surface area contributed by atoms with Crippen molar-refractivity contribution < 1.29 is 14.6 Å². The van der Waals surface area contributed by atoms with Gasteiger partial charge in [0.25, 0.3) is 0 Å². The number of nitrogens with zero attached hydrogens (tertiary/aromatic N) is 3. The summed E-state index contributed by atoms with van der Waals surface area (Å²) in [6.45, 7) is 6.54. The lowest BCUT2D eigenvalue weighted by molar-refractivity contribution is -0.133. The van der Waals surface area contributed by atoms with Crippen molar-refractivity contribution in [2.75, 3.05) is 37.5 Å². The van der Waals surface area contributed by atoms with Crippen LogP contribution in [0.5, 0.6) is 0 Å². The van der Waals surface area contributed by atoms with E-state index in [9.17, 15) is 4.79 Å². The second kappa shape index (κ2) is 8.34. The van der Waals surface area contributed by atoms with E-state index in [-0.39, 0.29) is 5.75 Å². The van der Waals surface area contributed by atoms with Crippen LogP contribution in [-0.2, 0) is 9.53 Å². The molecule has 0 aromatic carbocycles. The Morgan fingerprint density at radius 3 is 2.84 bits per heavy atom. The summed E-state index contributed by atoms with van der Waals surface area (Å²) in [5, 5.41) is 17.6. The van der Waals surface area contributed by atoms with Crippen LogP contribution in [0.25, 0.3) is 0 Å². The summed E-state index contributed by atoms with van der Waals surface area (Å²) >= 11 is 2.62. The predicted molar refractivity (Wildman–Crippen MR) is 77.2 cm³/mol. The number of carboxylic acids is 1. The van der Waals surface area contributed by atoms with Gasteiger partial charge in [0.1, 0.15) is 0 Å². The zero-order valence-corrected chi connectivity index (χ0v) is 13.0. The molecular weight excluding hydrogens is 286 g/mol. The Bertz CT molecular complexity index is 398. The molecule has 0 saturated heterocycles. The van der Waals surface area contributed by atoms with Gasteiger partial charge < -0.3 is 14.7 Å². The quantitative estimate of drug-likeness (QED) is 0.697. The summed E-state index contributed by atoms with van der Waals surface area (Å²) < 4.78 is 5.78. The van der Waals surface area contributed by atoms with Gasteiger partial charge in [-0.25, -0.2) is 0 Å². The Morgan fingerprint density at radius 1 is 1.53 bits per heavy atom. The van der Waals surface area contributed by atoms with Gasteiger partial charge in [0.05, 0.1) is 12.4 Å². The van der Waals surface area contributed by atoms with E-state index in [4.69, 9.17) is 9.84 Å². The predicted octanol–water partition coefficient (Wildman–Crippen LogP) is 1.82. The SMILES string of the molecule is COCCN(CC(C)C)c1nnc(SCC(=O)O)s1. The lowest BCUT2D eigenvalue weighted by atomic mass is 10.2. The van der Waals surface area contributed by atoms with Crippen LogP contribution in [0.15, 0.2) is 4.34 Å². The first kappa shape index (κ1) is 16.2. The van der Waals surface area contributed by atoms with Crippen molar-refractivity contribution >= 4 is 34.2 Å². The summed E-state index contributed by atoms with van der Waals surface area (Å²) in [5.74, 6) is -0.326. The van der Waals surface area contributed by atoms with E-state index in [2.05, 4.69) is 28.9 Å². The lowest BCUT2D eigenvalue weighted by Gasteiger charge is -2.22. The number of hydrogen-bond acceptors (Lipinski definition) is 7. The van der Waals surface area contributed by atoms with Crippen molar-refractivity contribution in [3.05, 3.63) is 0 Å². The van der Waals surface area contributed by atoms with Crippen LogP contribution < -0.4 is 4.90 Å². The Hall–Kier alpha value is -0.860. The van der Waals surface area contributed by atoms with Gasteiger partial charge in [-0.15, -0.1) is 10.2 Å². The third kappa shape index (κ3) is 6.22. The highest BCUT2D eigenvalue weighted by molar-refractivity contribution is 8.01. The van der Waals surface area contributed by atoms with E-state index < -0.39 is 5.97 Å². The first-order chi connectivity index (χ1) is 9.02. The molecule has 0 fully saturated rings. The molecule has 0 aliphatic rings. The lowest BCUT2D eigenvalue weighted by Crippen LogP contribution is -2.30. The third-order valence-corrected chi connectivity index (χ3v) is 4.24. The fourth-order valence-corrected chi connectivity index (χ4v) is 3.02. The largest absolute Gasteiger partial charge is 0.481 e. The van der Waals surface area contributed by atoms with Gasteiger partial charge in [0.2, 0.25) is 5.13 Å². The van der Waals surface area contributed by atoms with Gasteiger partial charge in [-0.05, 0) is 5.92 Å². The maximum atomic E-state index is 10.5. The molecule has 0 bridgehead atoms. The summed E-state index contributed by atoms with van der Waals surface area (Å²) in [6.07, 6.45) is 0. The summed E-state index contributed by atoms with van der Waals surface area (Å²) in [4.78, 5) is 12.6. The number of anilines is 1. The topological polar surface area (TPSA) is 75.5 Å². The molecular formula is C11H19N3O3S2. The molecule has 8 heteroatoms. The third-order valence-electron chi connectivity index (χ3n) is 2.14. The molecule has 0 radical (unpaired) electrons. The molecule has 0 saturated carbocycles. The first-order valence-corrected chi connectivity index (χ1v) is 7.75. The minimum atomic E-state index is -0.847. The Morgan fingerprint density at radius 2 is 2.26 bits per heavy atom. The molecule has 0 atom stereocenters. The minimum Gasteiger partial charge on any atom is -0.481 e. The van der Waals surface area contributed by atoms with Crippen molar-refractivity contribution in [2.24, 2.45) is 5.92 Å². The van der Waals surface area contributed by atoms with Gasteiger partial charge in [-0.2, -0.15) is 0 Å². The highest BCUT2D eigenvalue weighted by Crippen LogP contribution is 2.28. The molecule has 1 heterocycles. The highest BCUT2D eigenvalue weighted by Gasteiger charge is 2.14. The molecule has 6 nitrogen and oxygen atoms in total.